The Hall–Kier alpha value is -0.770. The van der Waals surface area contributed by atoms with Gasteiger partial charge in [-0.15, -0.1) is 24.0 Å². The summed E-state index contributed by atoms with van der Waals surface area (Å²) in [6, 6.07) is 7.38. The van der Waals surface area contributed by atoms with Crippen LogP contribution in [0.15, 0.2) is 29.3 Å². The molecule has 0 amide bonds. The third-order valence-corrected chi connectivity index (χ3v) is 4.46. The molecule has 1 aliphatic heterocycles. The molecule has 8 heteroatoms. The van der Waals surface area contributed by atoms with Crippen molar-refractivity contribution >= 4 is 41.5 Å². The summed E-state index contributed by atoms with van der Waals surface area (Å²) in [5.74, 6) is 1.67. The molecule has 1 aromatic rings. The third-order valence-electron chi connectivity index (χ3n) is 4.21. The van der Waals surface area contributed by atoms with Crippen LogP contribution in [0.5, 0.6) is 5.75 Å². The van der Waals surface area contributed by atoms with Gasteiger partial charge in [0.1, 0.15) is 12.4 Å². The lowest BCUT2D eigenvalue weighted by Crippen LogP contribution is -2.41. The van der Waals surface area contributed by atoms with Gasteiger partial charge in [-0.25, -0.2) is 0 Å². The SMILES string of the molecule is CN=C(NCCCOC1CCOCC1)N(C)CCOc1ccc(Cl)cc1.I. The number of hydrogen-bond donors (Lipinski definition) is 1. The number of halogens is 2. The minimum Gasteiger partial charge on any atom is -0.492 e. The molecule has 0 radical (unpaired) electrons. The molecule has 0 aliphatic carbocycles. The molecule has 1 fully saturated rings. The van der Waals surface area contributed by atoms with Crippen LogP contribution in [0.3, 0.4) is 0 Å². The number of benzene rings is 1. The number of likely N-dealkylation sites (N-methyl/N-ethyl adjacent to an activating group) is 1. The second-order valence-electron chi connectivity index (χ2n) is 6.23. The molecule has 2 rings (SSSR count). The van der Waals surface area contributed by atoms with Crippen LogP contribution in [0.2, 0.25) is 5.02 Å². The van der Waals surface area contributed by atoms with E-state index < -0.39 is 0 Å². The molecule has 0 unspecified atom stereocenters. The van der Waals surface area contributed by atoms with Gasteiger partial charge < -0.3 is 24.4 Å². The van der Waals surface area contributed by atoms with Crippen LogP contribution in [0.1, 0.15) is 19.3 Å². The number of ether oxygens (including phenoxy) is 3. The topological polar surface area (TPSA) is 55.3 Å². The normalized spacial score (nSPS) is 15.1. The largest absolute Gasteiger partial charge is 0.492 e. The average Bonchev–Trinajstić information content (AvgIpc) is 2.67. The smallest absolute Gasteiger partial charge is 0.193 e. The van der Waals surface area contributed by atoms with E-state index in [0.29, 0.717) is 17.7 Å². The first kappa shape index (κ1) is 24.3. The van der Waals surface area contributed by atoms with Crippen molar-refractivity contribution in [3.8, 4) is 5.75 Å². The van der Waals surface area contributed by atoms with E-state index in [-0.39, 0.29) is 24.0 Å². The minimum atomic E-state index is 0. The fraction of sp³-hybridized carbons (Fsp3) is 0.632. The fourth-order valence-electron chi connectivity index (χ4n) is 2.69. The molecule has 0 aromatic heterocycles. The highest BCUT2D eigenvalue weighted by molar-refractivity contribution is 14.0. The first-order chi connectivity index (χ1) is 12.7. The van der Waals surface area contributed by atoms with Gasteiger partial charge in [-0.3, -0.25) is 4.99 Å². The number of nitrogens with zero attached hydrogens (tertiary/aromatic N) is 2. The molecule has 0 bridgehead atoms. The summed E-state index contributed by atoms with van der Waals surface area (Å²) in [7, 11) is 3.79. The fourth-order valence-corrected chi connectivity index (χ4v) is 2.81. The molecule has 27 heavy (non-hydrogen) atoms. The Kier molecular flexibility index (Phi) is 12.8. The monoisotopic (exact) mass is 511 g/mol. The minimum absolute atomic E-state index is 0. The van der Waals surface area contributed by atoms with E-state index in [9.17, 15) is 0 Å². The molecule has 0 saturated carbocycles. The summed E-state index contributed by atoms with van der Waals surface area (Å²) in [4.78, 5) is 6.36. The second kappa shape index (κ2) is 14.3. The molecule has 1 aromatic carbocycles. The average molecular weight is 512 g/mol. The number of guanidine groups is 1. The van der Waals surface area contributed by atoms with Crippen LogP contribution in [0.25, 0.3) is 0 Å². The summed E-state index contributed by atoms with van der Waals surface area (Å²) in [5.41, 5.74) is 0. The van der Waals surface area contributed by atoms with E-state index in [1.165, 1.54) is 0 Å². The highest BCUT2D eigenvalue weighted by atomic mass is 127. The number of hydrogen-bond acceptors (Lipinski definition) is 4. The van der Waals surface area contributed by atoms with Crippen molar-refractivity contribution in [3.63, 3.8) is 0 Å². The van der Waals surface area contributed by atoms with E-state index in [2.05, 4.69) is 15.2 Å². The quantitative estimate of drug-likeness (QED) is 0.238. The summed E-state index contributed by atoms with van der Waals surface area (Å²) in [6.45, 7) is 4.54. The zero-order valence-corrected chi connectivity index (χ0v) is 19.2. The van der Waals surface area contributed by atoms with Crippen LogP contribution in [-0.4, -0.2) is 70.6 Å². The Labute approximate surface area is 184 Å². The van der Waals surface area contributed by atoms with Crippen molar-refractivity contribution in [2.24, 2.45) is 4.99 Å². The Balaban J connectivity index is 0.00000364. The lowest BCUT2D eigenvalue weighted by molar-refractivity contribution is -0.0320. The second-order valence-corrected chi connectivity index (χ2v) is 6.67. The van der Waals surface area contributed by atoms with Crippen molar-refractivity contribution in [3.05, 3.63) is 29.3 Å². The Morgan fingerprint density at radius 3 is 2.63 bits per heavy atom. The standard InChI is InChI=1S/C19H30ClN3O3.HI/c1-21-19(22-10-3-12-25-18-8-13-24-14-9-18)23(2)11-15-26-17-6-4-16(20)5-7-17;/h4-7,18H,3,8-15H2,1-2H3,(H,21,22);1H. The van der Waals surface area contributed by atoms with Gasteiger partial charge in [0.2, 0.25) is 0 Å². The molecular weight excluding hydrogens is 481 g/mol. The van der Waals surface area contributed by atoms with Gasteiger partial charge in [0.05, 0.1) is 12.6 Å². The molecule has 1 aliphatic rings. The lowest BCUT2D eigenvalue weighted by Gasteiger charge is -2.23. The number of aliphatic imine (C=N–C) groups is 1. The lowest BCUT2D eigenvalue weighted by atomic mass is 10.1. The van der Waals surface area contributed by atoms with E-state index in [0.717, 1.165) is 63.9 Å². The zero-order valence-electron chi connectivity index (χ0n) is 16.2. The molecule has 6 nitrogen and oxygen atoms in total. The summed E-state index contributed by atoms with van der Waals surface area (Å²) in [6.07, 6.45) is 3.32. The van der Waals surface area contributed by atoms with E-state index in [4.69, 9.17) is 25.8 Å². The molecule has 1 saturated heterocycles. The summed E-state index contributed by atoms with van der Waals surface area (Å²) < 4.78 is 16.9. The van der Waals surface area contributed by atoms with E-state index >= 15 is 0 Å². The van der Waals surface area contributed by atoms with Crippen molar-refractivity contribution < 1.29 is 14.2 Å². The highest BCUT2D eigenvalue weighted by Crippen LogP contribution is 2.15. The Bertz CT molecular complexity index is 540. The van der Waals surface area contributed by atoms with Crippen molar-refractivity contribution in [1.29, 1.82) is 0 Å². The highest BCUT2D eigenvalue weighted by Gasteiger charge is 2.13. The zero-order chi connectivity index (χ0) is 18.6. The van der Waals surface area contributed by atoms with Crippen LogP contribution < -0.4 is 10.1 Å². The molecule has 1 N–H and O–H groups in total. The van der Waals surface area contributed by atoms with E-state index in [1.54, 1.807) is 7.05 Å². The van der Waals surface area contributed by atoms with Gasteiger partial charge in [-0.1, -0.05) is 11.6 Å². The molecule has 0 atom stereocenters. The van der Waals surface area contributed by atoms with Crippen LogP contribution in [0, 0.1) is 0 Å². The van der Waals surface area contributed by atoms with Gasteiger partial charge in [-0.2, -0.15) is 0 Å². The van der Waals surface area contributed by atoms with Gasteiger partial charge in [-0.05, 0) is 43.5 Å². The molecule has 0 spiro atoms. The number of rotatable bonds is 9. The van der Waals surface area contributed by atoms with Crippen LogP contribution >= 0.6 is 35.6 Å². The summed E-state index contributed by atoms with van der Waals surface area (Å²) in [5, 5.41) is 4.07. The molecular formula is C19H31ClIN3O3. The van der Waals surface area contributed by atoms with Crippen LogP contribution in [0.4, 0.5) is 0 Å². The van der Waals surface area contributed by atoms with Crippen molar-refractivity contribution in [2.75, 3.05) is 53.6 Å². The maximum atomic E-state index is 5.88. The molecule has 1 heterocycles. The van der Waals surface area contributed by atoms with Crippen molar-refractivity contribution in [2.45, 2.75) is 25.4 Å². The predicted molar refractivity (Wildman–Crippen MR) is 121 cm³/mol. The first-order valence-corrected chi connectivity index (χ1v) is 9.56. The Morgan fingerprint density at radius 1 is 1.26 bits per heavy atom. The van der Waals surface area contributed by atoms with Crippen LogP contribution in [-0.2, 0) is 9.47 Å². The third kappa shape index (κ3) is 9.82. The van der Waals surface area contributed by atoms with Gasteiger partial charge >= 0.3 is 0 Å². The van der Waals surface area contributed by atoms with Gasteiger partial charge in [0, 0.05) is 45.5 Å². The predicted octanol–water partition coefficient (Wildman–Crippen LogP) is 3.43. The first-order valence-electron chi connectivity index (χ1n) is 9.18. The molecule has 154 valence electrons. The summed E-state index contributed by atoms with van der Waals surface area (Å²) >= 11 is 5.87. The maximum absolute atomic E-state index is 5.88. The van der Waals surface area contributed by atoms with Gasteiger partial charge in [0.25, 0.3) is 0 Å². The van der Waals surface area contributed by atoms with E-state index in [1.807, 2.05) is 31.3 Å². The maximum Gasteiger partial charge on any atom is 0.193 e. The van der Waals surface area contributed by atoms with Gasteiger partial charge in [0.15, 0.2) is 5.96 Å². The van der Waals surface area contributed by atoms with Crippen molar-refractivity contribution in [1.82, 2.24) is 10.2 Å². The Morgan fingerprint density at radius 2 is 1.96 bits per heavy atom. The number of nitrogens with one attached hydrogen (secondary N) is 1.